The monoisotopic (exact) mass is 388 g/mol. The number of nitrogen functional groups attached to an aromatic ring is 1. The summed E-state index contributed by atoms with van der Waals surface area (Å²) in [5.74, 6) is -0.542. The summed E-state index contributed by atoms with van der Waals surface area (Å²) in [6.07, 6.45) is 1.44. The van der Waals surface area contributed by atoms with E-state index < -0.39 is 5.97 Å². The van der Waals surface area contributed by atoms with Crippen LogP contribution in [0.25, 0.3) is 11.3 Å². The molecule has 6 nitrogen and oxygen atoms in total. The second kappa shape index (κ2) is 7.59. The molecule has 3 rings (SSSR count). The molecule has 0 spiro atoms. The Bertz CT molecular complexity index is 959. The van der Waals surface area contributed by atoms with Gasteiger partial charge in [0.15, 0.2) is 11.6 Å². The molecule has 8 heteroatoms. The number of aromatic carboxylic acids is 1. The van der Waals surface area contributed by atoms with Gasteiger partial charge in [0, 0.05) is 27.7 Å². The number of nitrogens with zero attached hydrogens (tertiary/aromatic N) is 2. The summed E-state index contributed by atoms with van der Waals surface area (Å²) in [6, 6.07) is 11.8. The van der Waals surface area contributed by atoms with Gasteiger partial charge in [0.05, 0.1) is 17.5 Å². The van der Waals surface area contributed by atoms with Gasteiger partial charge in [-0.05, 0) is 18.2 Å². The number of halogens is 2. The zero-order chi connectivity index (χ0) is 18.7. The maximum Gasteiger partial charge on any atom is 0.336 e. The molecule has 0 unspecified atom stereocenters. The maximum absolute atomic E-state index is 11.4. The van der Waals surface area contributed by atoms with Crippen LogP contribution in [0.3, 0.4) is 0 Å². The second-order valence-corrected chi connectivity index (χ2v) is 6.21. The Morgan fingerprint density at radius 1 is 1.12 bits per heavy atom. The van der Waals surface area contributed by atoms with E-state index in [2.05, 4.69) is 15.3 Å². The lowest BCUT2D eigenvalue weighted by Crippen LogP contribution is -2.08. The van der Waals surface area contributed by atoms with Gasteiger partial charge < -0.3 is 16.2 Å². The number of hydrogen-bond acceptors (Lipinski definition) is 5. The number of nitrogens with one attached hydrogen (secondary N) is 1. The molecule has 0 atom stereocenters. The zero-order valence-electron chi connectivity index (χ0n) is 13.4. The van der Waals surface area contributed by atoms with E-state index in [-0.39, 0.29) is 11.4 Å². The zero-order valence-corrected chi connectivity index (χ0v) is 14.9. The minimum absolute atomic E-state index is 0.131. The van der Waals surface area contributed by atoms with Crippen molar-refractivity contribution in [3.8, 4) is 11.3 Å². The highest BCUT2D eigenvalue weighted by Crippen LogP contribution is 2.27. The molecule has 1 heterocycles. The smallest absolute Gasteiger partial charge is 0.336 e. The number of nitrogens with two attached hydrogens (primary N) is 1. The Labute approximate surface area is 159 Å². The molecule has 0 aliphatic heterocycles. The molecule has 4 N–H and O–H groups in total. The molecule has 2 aromatic carbocycles. The Morgan fingerprint density at radius 3 is 2.50 bits per heavy atom. The predicted molar refractivity (Wildman–Crippen MR) is 103 cm³/mol. The summed E-state index contributed by atoms with van der Waals surface area (Å²) in [4.78, 5) is 19.9. The quantitative estimate of drug-likeness (QED) is 0.600. The molecule has 3 aromatic rings. The average Bonchev–Trinajstić information content (AvgIpc) is 2.62. The molecular weight excluding hydrogens is 375 g/mol. The van der Waals surface area contributed by atoms with Gasteiger partial charge in [0.25, 0.3) is 0 Å². The summed E-state index contributed by atoms with van der Waals surface area (Å²) in [5, 5.41) is 13.4. The number of benzene rings is 2. The first-order valence-electron chi connectivity index (χ1n) is 7.59. The molecule has 26 heavy (non-hydrogen) atoms. The van der Waals surface area contributed by atoms with E-state index in [1.165, 1.54) is 12.3 Å². The number of carbonyl (C=O) groups is 1. The SMILES string of the molecule is Nc1ncc(-c2ccccc2C(=O)O)nc1NCc1c(Cl)cccc1Cl. The first-order chi connectivity index (χ1) is 12.5. The second-order valence-electron chi connectivity index (χ2n) is 5.39. The van der Waals surface area contributed by atoms with E-state index in [1.807, 2.05) is 0 Å². The largest absolute Gasteiger partial charge is 0.478 e. The molecule has 0 radical (unpaired) electrons. The summed E-state index contributed by atoms with van der Waals surface area (Å²) in [7, 11) is 0. The number of hydrogen-bond donors (Lipinski definition) is 3. The normalized spacial score (nSPS) is 10.5. The molecule has 0 bridgehead atoms. The van der Waals surface area contributed by atoms with Gasteiger partial charge in [0.1, 0.15) is 0 Å². The Hall–Kier alpha value is -2.83. The number of carboxylic acid groups (broad SMARTS) is 1. The van der Waals surface area contributed by atoms with E-state index in [9.17, 15) is 9.90 Å². The first-order valence-corrected chi connectivity index (χ1v) is 8.35. The molecule has 0 saturated heterocycles. The lowest BCUT2D eigenvalue weighted by molar-refractivity contribution is 0.0697. The standard InChI is InChI=1S/C18H14Cl2N4O2/c19-13-6-3-7-14(20)12(13)8-23-17-16(21)22-9-15(24-17)10-4-1-2-5-11(10)18(25)26/h1-7,9H,8H2,(H2,21,22)(H,23,24)(H,25,26). The van der Waals surface area contributed by atoms with E-state index in [0.717, 1.165) is 0 Å². The Kier molecular flexibility index (Phi) is 5.25. The minimum Gasteiger partial charge on any atom is -0.478 e. The van der Waals surface area contributed by atoms with Crippen molar-refractivity contribution in [1.82, 2.24) is 9.97 Å². The molecule has 132 valence electrons. The van der Waals surface area contributed by atoms with Crippen molar-refractivity contribution in [3.63, 3.8) is 0 Å². The molecule has 1 aromatic heterocycles. The summed E-state index contributed by atoms with van der Waals surface area (Å²) in [6.45, 7) is 0.293. The highest BCUT2D eigenvalue weighted by molar-refractivity contribution is 6.36. The van der Waals surface area contributed by atoms with Crippen molar-refractivity contribution in [1.29, 1.82) is 0 Å². The van der Waals surface area contributed by atoms with Crippen molar-refractivity contribution in [2.45, 2.75) is 6.54 Å². The predicted octanol–water partition coefficient (Wildman–Crippen LogP) is 4.34. The van der Waals surface area contributed by atoms with Crippen LogP contribution >= 0.6 is 23.2 Å². The van der Waals surface area contributed by atoms with Crippen LogP contribution in [0.5, 0.6) is 0 Å². The third-order valence-corrected chi connectivity index (χ3v) is 4.44. The van der Waals surface area contributed by atoms with E-state index >= 15 is 0 Å². The molecule has 0 aliphatic carbocycles. The average molecular weight is 389 g/mol. The number of aromatic nitrogens is 2. The van der Waals surface area contributed by atoms with Crippen molar-refractivity contribution in [2.75, 3.05) is 11.1 Å². The van der Waals surface area contributed by atoms with Gasteiger partial charge in [-0.25, -0.2) is 14.8 Å². The van der Waals surface area contributed by atoms with Crippen molar-refractivity contribution < 1.29 is 9.90 Å². The van der Waals surface area contributed by atoms with E-state index in [4.69, 9.17) is 28.9 Å². The third-order valence-electron chi connectivity index (χ3n) is 3.73. The van der Waals surface area contributed by atoms with Crippen LogP contribution in [0.15, 0.2) is 48.7 Å². The van der Waals surface area contributed by atoms with Crippen LogP contribution in [-0.2, 0) is 6.54 Å². The Morgan fingerprint density at radius 2 is 1.81 bits per heavy atom. The Balaban J connectivity index is 1.93. The molecule has 0 amide bonds. The van der Waals surface area contributed by atoms with Gasteiger partial charge in [-0.1, -0.05) is 47.5 Å². The fourth-order valence-corrected chi connectivity index (χ4v) is 2.96. The first kappa shape index (κ1) is 18.0. The number of carboxylic acids is 1. The number of anilines is 2. The fourth-order valence-electron chi connectivity index (χ4n) is 2.42. The van der Waals surface area contributed by atoms with Gasteiger partial charge in [0.2, 0.25) is 0 Å². The van der Waals surface area contributed by atoms with Crippen LogP contribution in [0.2, 0.25) is 10.0 Å². The van der Waals surface area contributed by atoms with E-state index in [1.54, 1.807) is 36.4 Å². The fraction of sp³-hybridized carbons (Fsp3) is 0.0556. The summed E-state index contributed by atoms with van der Waals surface area (Å²) >= 11 is 12.3. The van der Waals surface area contributed by atoms with Gasteiger partial charge in [-0.2, -0.15) is 0 Å². The maximum atomic E-state index is 11.4. The van der Waals surface area contributed by atoms with E-state index in [0.29, 0.717) is 39.2 Å². The summed E-state index contributed by atoms with van der Waals surface area (Å²) in [5.41, 5.74) is 7.56. The van der Waals surface area contributed by atoms with Crippen molar-refractivity contribution in [2.24, 2.45) is 0 Å². The molecule has 0 saturated carbocycles. The minimum atomic E-state index is -1.04. The lowest BCUT2D eigenvalue weighted by atomic mass is 10.1. The topological polar surface area (TPSA) is 101 Å². The molecular formula is C18H14Cl2N4O2. The number of rotatable bonds is 5. The van der Waals surface area contributed by atoms with Gasteiger partial charge in [-0.3, -0.25) is 0 Å². The third kappa shape index (κ3) is 3.71. The summed E-state index contributed by atoms with van der Waals surface area (Å²) < 4.78 is 0. The molecule has 0 aliphatic rings. The van der Waals surface area contributed by atoms with Crippen LogP contribution < -0.4 is 11.1 Å². The van der Waals surface area contributed by atoms with Crippen LogP contribution in [0.1, 0.15) is 15.9 Å². The molecule has 0 fully saturated rings. The van der Waals surface area contributed by atoms with Crippen LogP contribution in [0, 0.1) is 0 Å². The lowest BCUT2D eigenvalue weighted by Gasteiger charge is -2.12. The van der Waals surface area contributed by atoms with Crippen molar-refractivity contribution >= 4 is 40.8 Å². The van der Waals surface area contributed by atoms with Gasteiger partial charge in [-0.15, -0.1) is 0 Å². The van der Waals surface area contributed by atoms with Gasteiger partial charge >= 0.3 is 5.97 Å². The highest BCUT2D eigenvalue weighted by atomic mass is 35.5. The highest BCUT2D eigenvalue weighted by Gasteiger charge is 2.14. The van der Waals surface area contributed by atoms with Crippen LogP contribution in [0.4, 0.5) is 11.6 Å². The van der Waals surface area contributed by atoms with Crippen molar-refractivity contribution in [3.05, 3.63) is 69.8 Å². The van der Waals surface area contributed by atoms with Crippen LogP contribution in [-0.4, -0.2) is 21.0 Å².